The van der Waals surface area contributed by atoms with Gasteiger partial charge in [0.25, 0.3) is 0 Å². The van der Waals surface area contributed by atoms with E-state index < -0.39 is 0 Å². The van der Waals surface area contributed by atoms with Crippen LogP contribution in [0.15, 0.2) is 36.5 Å². The minimum absolute atomic E-state index is 0.268. The van der Waals surface area contributed by atoms with Gasteiger partial charge in [0.1, 0.15) is 0 Å². The number of halogens is 2. The van der Waals surface area contributed by atoms with Crippen LogP contribution in [0.1, 0.15) is 5.56 Å². The van der Waals surface area contributed by atoms with Crippen LogP contribution in [-0.2, 0) is 6.54 Å². The Hall–Kier alpha value is -2.54. The van der Waals surface area contributed by atoms with Crippen molar-refractivity contribution in [1.29, 1.82) is 0 Å². The molecule has 0 atom stereocenters. The van der Waals surface area contributed by atoms with Crippen LogP contribution in [0.5, 0.6) is 17.2 Å². The molecule has 0 aliphatic rings. The lowest BCUT2D eigenvalue weighted by molar-refractivity contribution is 0.324. The van der Waals surface area contributed by atoms with Crippen molar-refractivity contribution in [2.75, 3.05) is 21.3 Å². The molecule has 0 saturated carbocycles. The fourth-order valence-corrected chi connectivity index (χ4v) is 3.32. The lowest BCUT2D eigenvalue weighted by atomic mass is 10.1. The molecule has 0 fully saturated rings. The highest BCUT2D eigenvalue weighted by atomic mass is 35.5. The lowest BCUT2D eigenvalue weighted by Crippen LogP contribution is -2.04. The molecule has 1 aromatic heterocycles. The maximum Gasteiger partial charge on any atom is 0.203 e. The summed E-state index contributed by atoms with van der Waals surface area (Å²) in [5.41, 5.74) is 8.71. The van der Waals surface area contributed by atoms with Crippen LogP contribution in [0.4, 0.5) is 0 Å². The molecule has 0 amide bonds. The quantitative estimate of drug-likeness (QED) is 0.628. The number of ether oxygens (including phenoxy) is 3. The standard InChI is InChI=1S/C20H19Cl2N3O3/c1-26-16-6-11(7-17(27-2)19(16)28-3)20-24-10-12(9-23)18(25-20)14-5-4-13(21)8-15(14)22/h4-8,10H,9,23H2,1-3H3. The number of nitrogens with zero attached hydrogens (tertiary/aromatic N) is 2. The van der Waals surface area contributed by atoms with E-state index in [1.165, 1.54) is 0 Å². The largest absolute Gasteiger partial charge is 0.493 e. The molecular weight excluding hydrogens is 401 g/mol. The van der Waals surface area contributed by atoms with Gasteiger partial charge in [-0.2, -0.15) is 0 Å². The summed E-state index contributed by atoms with van der Waals surface area (Å²) < 4.78 is 16.2. The van der Waals surface area contributed by atoms with E-state index in [-0.39, 0.29) is 6.54 Å². The number of nitrogens with two attached hydrogens (primary N) is 1. The first kappa shape index (κ1) is 20.2. The van der Waals surface area contributed by atoms with Gasteiger partial charge in [-0.05, 0) is 30.3 Å². The molecule has 0 unspecified atom stereocenters. The summed E-state index contributed by atoms with van der Waals surface area (Å²) in [5.74, 6) is 1.98. The molecule has 3 rings (SSSR count). The Morgan fingerprint density at radius 3 is 2.18 bits per heavy atom. The van der Waals surface area contributed by atoms with Gasteiger partial charge in [-0.1, -0.05) is 23.2 Å². The molecular formula is C20H19Cl2N3O3. The van der Waals surface area contributed by atoms with Crippen LogP contribution in [0.25, 0.3) is 22.6 Å². The SMILES string of the molecule is COc1cc(-c2ncc(CN)c(-c3ccc(Cl)cc3Cl)n2)cc(OC)c1OC. The molecule has 8 heteroatoms. The lowest BCUT2D eigenvalue weighted by Gasteiger charge is -2.15. The summed E-state index contributed by atoms with van der Waals surface area (Å²) in [5, 5.41) is 1.03. The normalized spacial score (nSPS) is 10.6. The molecule has 0 aliphatic carbocycles. The van der Waals surface area contributed by atoms with Gasteiger partial charge in [0.05, 0.1) is 32.0 Å². The van der Waals surface area contributed by atoms with E-state index in [1.54, 1.807) is 51.8 Å². The summed E-state index contributed by atoms with van der Waals surface area (Å²) in [6.45, 7) is 0.268. The number of hydrogen-bond acceptors (Lipinski definition) is 6. The number of methoxy groups -OCH3 is 3. The third-order valence-electron chi connectivity index (χ3n) is 4.19. The van der Waals surface area contributed by atoms with E-state index >= 15 is 0 Å². The minimum Gasteiger partial charge on any atom is -0.493 e. The Kier molecular flexibility index (Phi) is 6.24. The molecule has 6 nitrogen and oxygen atoms in total. The highest BCUT2D eigenvalue weighted by molar-refractivity contribution is 6.36. The Labute approximate surface area is 173 Å². The zero-order valence-corrected chi connectivity index (χ0v) is 17.1. The third kappa shape index (κ3) is 3.85. The highest BCUT2D eigenvalue weighted by Crippen LogP contribution is 2.41. The summed E-state index contributed by atoms with van der Waals surface area (Å²) >= 11 is 12.4. The van der Waals surface area contributed by atoms with Gasteiger partial charge in [-0.15, -0.1) is 0 Å². The summed E-state index contributed by atoms with van der Waals surface area (Å²) in [7, 11) is 4.66. The van der Waals surface area contributed by atoms with Gasteiger partial charge >= 0.3 is 0 Å². The molecule has 0 saturated heterocycles. The highest BCUT2D eigenvalue weighted by Gasteiger charge is 2.18. The zero-order chi connectivity index (χ0) is 20.3. The van der Waals surface area contributed by atoms with E-state index in [0.29, 0.717) is 44.4 Å². The topological polar surface area (TPSA) is 79.5 Å². The Balaban J connectivity index is 2.19. The first-order valence-corrected chi connectivity index (χ1v) is 9.09. The van der Waals surface area contributed by atoms with Gasteiger partial charge in [0.15, 0.2) is 17.3 Å². The van der Waals surface area contributed by atoms with Crippen molar-refractivity contribution < 1.29 is 14.2 Å². The molecule has 28 heavy (non-hydrogen) atoms. The number of aromatic nitrogens is 2. The molecule has 0 spiro atoms. The fraction of sp³-hybridized carbons (Fsp3) is 0.200. The van der Waals surface area contributed by atoms with E-state index in [1.807, 2.05) is 6.07 Å². The van der Waals surface area contributed by atoms with Crippen molar-refractivity contribution in [3.63, 3.8) is 0 Å². The van der Waals surface area contributed by atoms with E-state index in [2.05, 4.69) is 4.98 Å². The molecule has 146 valence electrons. The number of benzene rings is 2. The van der Waals surface area contributed by atoms with Gasteiger partial charge < -0.3 is 19.9 Å². The van der Waals surface area contributed by atoms with Crippen LogP contribution < -0.4 is 19.9 Å². The van der Waals surface area contributed by atoms with Crippen LogP contribution in [-0.4, -0.2) is 31.3 Å². The number of rotatable bonds is 6. The van der Waals surface area contributed by atoms with Crippen molar-refractivity contribution in [2.24, 2.45) is 5.73 Å². The molecule has 1 heterocycles. The maximum atomic E-state index is 6.38. The first-order chi connectivity index (χ1) is 13.5. The maximum absolute atomic E-state index is 6.38. The molecule has 2 N–H and O–H groups in total. The summed E-state index contributed by atoms with van der Waals surface area (Å²) in [6.07, 6.45) is 1.69. The molecule has 0 aliphatic heterocycles. The van der Waals surface area contributed by atoms with Crippen molar-refractivity contribution in [2.45, 2.75) is 6.54 Å². The van der Waals surface area contributed by atoms with E-state index in [0.717, 1.165) is 11.1 Å². The van der Waals surface area contributed by atoms with Crippen LogP contribution >= 0.6 is 23.2 Å². The second-order valence-electron chi connectivity index (χ2n) is 5.81. The van der Waals surface area contributed by atoms with Crippen LogP contribution in [0.2, 0.25) is 10.0 Å². The van der Waals surface area contributed by atoms with Crippen LogP contribution in [0.3, 0.4) is 0 Å². The molecule has 2 aromatic carbocycles. The van der Waals surface area contributed by atoms with Gasteiger partial charge in [0.2, 0.25) is 5.75 Å². The average Bonchev–Trinajstić information content (AvgIpc) is 2.72. The average molecular weight is 420 g/mol. The van der Waals surface area contributed by atoms with Crippen molar-refractivity contribution >= 4 is 23.2 Å². The predicted octanol–water partition coefficient (Wildman–Crippen LogP) is 4.60. The van der Waals surface area contributed by atoms with E-state index in [4.69, 9.17) is 48.1 Å². The van der Waals surface area contributed by atoms with Gasteiger partial charge in [0, 0.05) is 34.5 Å². The smallest absolute Gasteiger partial charge is 0.203 e. The fourth-order valence-electron chi connectivity index (χ4n) is 2.82. The van der Waals surface area contributed by atoms with Crippen molar-refractivity contribution in [1.82, 2.24) is 9.97 Å². The second kappa shape index (κ2) is 8.65. The minimum atomic E-state index is 0.268. The van der Waals surface area contributed by atoms with Gasteiger partial charge in [-0.25, -0.2) is 9.97 Å². The summed E-state index contributed by atoms with van der Waals surface area (Å²) in [4.78, 5) is 9.16. The first-order valence-electron chi connectivity index (χ1n) is 8.34. The van der Waals surface area contributed by atoms with Gasteiger partial charge in [-0.3, -0.25) is 0 Å². The van der Waals surface area contributed by atoms with Crippen LogP contribution in [0, 0.1) is 0 Å². The second-order valence-corrected chi connectivity index (χ2v) is 6.65. The molecule has 0 bridgehead atoms. The predicted molar refractivity (Wildman–Crippen MR) is 110 cm³/mol. The number of hydrogen-bond donors (Lipinski definition) is 1. The molecule has 3 aromatic rings. The zero-order valence-electron chi connectivity index (χ0n) is 15.6. The monoisotopic (exact) mass is 419 g/mol. The van der Waals surface area contributed by atoms with E-state index in [9.17, 15) is 0 Å². The van der Waals surface area contributed by atoms with Crippen molar-refractivity contribution in [3.05, 3.63) is 52.1 Å². The van der Waals surface area contributed by atoms with Crippen molar-refractivity contribution in [3.8, 4) is 39.9 Å². The third-order valence-corrected chi connectivity index (χ3v) is 4.74. The Morgan fingerprint density at radius 2 is 1.64 bits per heavy atom. The summed E-state index contributed by atoms with van der Waals surface area (Å²) in [6, 6.07) is 8.80. The Bertz CT molecular complexity index is 987. The Morgan fingerprint density at radius 1 is 0.964 bits per heavy atom. The molecule has 0 radical (unpaired) electrons.